The molecular weight excluding hydrogens is 314 g/mol. The maximum Gasteiger partial charge on any atom is 0.243 e. The molecule has 2 aromatic rings. The summed E-state index contributed by atoms with van der Waals surface area (Å²) in [6.07, 6.45) is 5.81. The third-order valence-electron chi connectivity index (χ3n) is 4.12. The van der Waals surface area contributed by atoms with E-state index >= 15 is 0 Å². The first-order valence-electron chi connectivity index (χ1n) is 8.54. The summed E-state index contributed by atoms with van der Waals surface area (Å²) in [5.41, 5.74) is 5.96. The van der Waals surface area contributed by atoms with Gasteiger partial charge in [-0.3, -0.25) is 10.0 Å². The van der Waals surface area contributed by atoms with Gasteiger partial charge < -0.3 is 5.11 Å². The van der Waals surface area contributed by atoms with Gasteiger partial charge in [-0.1, -0.05) is 72.7 Å². The molecule has 0 aliphatic heterocycles. The number of hydrogen-bond donors (Lipinski definition) is 3. The molecule has 0 heterocycles. The molecule has 1 atom stereocenters. The van der Waals surface area contributed by atoms with Gasteiger partial charge in [0.1, 0.15) is 0 Å². The van der Waals surface area contributed by atoms with Crippen LogP contribution in [0.2, 0.25) is 0 Å². The number of hydrogen-bond acceptors (Lipinski definition) is 3. The number of aliphatic hydroxyl groups excluding tert-OH is 1. The zero-order chi connectivity index (χ0) is 18.1. The minimum Gasteiger partial charge on any atom is -0.388 e. The van der Waals surface area contributed by atoms with Gasteiger partial charge in [0.15, 0.2) is 0 Å². The second-order valence-electron chi connectivity index (χ2n) is 6.21. The van der Waals surface area contributed by atoms with E-state index in [0.29, 0.717) is 12.8 Å². The molecule has 25 heavy (non-hydrogen) atoms. The molecule has 0 aliphatic carbocycles. The molecule has 0 saturated heterocycles. The van der Waals surface area contributed by atoms with E-state index in [1.165, 1.54) is 5.56 Å². The van der Waals surface area contributed by atoms with Crippen molar-refractivity contribution in [2.45, 2.75) is 38.7 Å². The molecular formula is C21H25NO3. The number of aliphatic hydroxyl groups is 1. The standard InChI is InChI=1S/C21H25NO3/c1-16-6-8-17(9-7-16)10-11-18-12-14-19(15-13-18)20(23)4-2-3-5-21(24)22-25/h6-15,20,23,25H,2-5H2,1H3,(H,22,24). The van der Waals surface area contributed by atoms with Gasteiger partial charge in [-0.05, 0) is 36.5 Å². The van der Waals surface area contributed by atoms with Crippen LogP contribution in [-0.4, -0.2) is 16.2 Å². The van der Waals surface area contributed by atoms with Crippen molar-refractivity contribution in [3.63, 3.8) is 0 Å². The number of carbonyl (C=O) groups excluding carboxylic acids is 1. The number of amides is 1. The van der Waals surface area contributed by atoms with Crippen molar-refractivity contribution in [3.05, 3.63) is 70.8 Å². The topological polar surface area (TPSA) is 69.6 Å². The normalized spacial score (nSPS) is 12.3. The third-order valence-corrected chi connectivity index (χ3v) is 4.12. The van der Waals surface area contributed by atoms with Crippen LogP contribution in [0.3, 0.4) is 0 Å². The predicted octanol–water partition coefficient (Wildman–Crippen LogP) is 4.26. The van der Waals surface area contributed by atoms with Crippen molar-refractivity contribution in [1.29, 1.82) is 0 Å². The van der Waals surface area contributed by atoms with Crippen LogP contribution in [0.25, 0.3) is 12.2 Å². The smallest absolute Gasteiger partial charge is 0.243 e. The molecule has 0 radical (unpaired) electrons. The van der Waals surface area contributed by atoms with Gasteiger partial charge in [0.2, 0.25) is 5.91 Å². The highest BCUT2D eigenvalue weighted by Gasteiger charge is 2.07. The van der Waals surface area contributed by atoms with Crippen LogP contribution in [0.15, 0.2) is 48.5 Å². The summed E-state index contributed by atoms with van der Waals surface area (Å²) >= 11 is 0. The van der Waals surface area contributed by atoms with E-state index in [2.05, 4.69) is 37.3 Å². The Hall–Kier alpha value is -2.43. The second kappa shape index (κ2) is 9.77. The van der Waals surface area contributed by atoms with Crippen molar-refractivity contribution in [2.75, 3.05) is 0 Å². The first-order valence-corrected chi connectivity index (χ1v) is 8.54. The maximum atomic E-state index is 10.9. The highest BCUT2D eigenvalue weighted by molar-refractivity contribution is 5.74. The van der Waals surface area contributed by atoms with Crippen molar-refractivity contribution < 1.29 is 15.1 Å². The number of benzene rings is 2. The summed E-state index contributed by atoms with van der Waals surface area (Å²) in [6, 6.07) is 16.2. The average molecular weight is 339 g/mol. The van der Waals surface area contributed by atoms with Crippen molar-refractivity contribution in [2.24, 2.45) is 0 Å². The molecule has 0 saturated carbocycles. The van der Waals surface area contributed by atoms with E-state index in [4.69, 9.17) is 5.21 Å². The fourth-order valence-electron chi connectivity index (χ4n) is 2.55. The molecule has 0 aliphatic rings. The van der Waals surface area contributed by atoms with Crippen LogP contribution < -0.4 is 5.48 Å². The first kappa shape index (κ1) is 18.9. The summed E-state index contributed by atoms with van der Waals surface area (Å²) in [7, 11) is 0. The summed E-state index contributed by atoms with van der Waals surface area (Å²) in [4.78, 5) is 10.9. The summed E-state index contributed by atoms with van der Waals surface area (Å²) in [5, 5.41) is 18.6. The second-order valence-corrected chi connectivity index (χ2v) is 6.21. The summed E-state index contributed by atoms with van der Waals surface area (Å²) < 4.78 is 0. The third kappa shape index (κ3) is 6.53. The van der Waals surface area contributed by atoms with Gasteiger partial charge in [-0.15, -0.1) is 0 Å². The van der Waals surface area contributed by atoms with Crippen molar-refractivity contribution in [3.8, 4) is 0 Å². The molecule has 1 unspecified atom stereocenters. The summed E-state index contributed by atoms with van der Waals surface area (Å²) in [6.45, 7) is 2.07. The Morgan fingerprint density at radius 3 is 2.12 bits per heavy atom. The Balaban J connectivity index is 1.84. The average Bonchev–Trinajstić information content (AvgIpc) is 2.64. The van der Waals surface area contributed by atoms with E-state index in [9.17, 15) is 9.90 Å². The van der Waals surface area contributed by atoms with Crippen LogP contribution in [0, 0.1) is 6.92 Å². The van der Waals surface area contributed by atoms with Gasteiger partial charge in [-0.25, -0.2) is 5.48 Å². The Labute approximate surface area is 148 Å². The van der Waals surface area contributed by atoms with Gasteiger partial charge >= 0.3 is 0 Å². The molecule has 132 valence electrons. The van der Waals surface area contributed by atoms with E-state index in [0.717, 1.165) is 23.1 Å². The lowest BCUT2D eigenvalue weighted by molar-refractivity contribution is -0.129. The Kier molecular flexibility index (Phi) is 7.38. The van der Waals surface area contributed by atoms with Crippen LogP contribution in [0.1, 0.15) is 54.0 Å². The summed E-state index contributed by atoms with van der Waals surface area (Å²) in [5.74, 6) is -0.390. The van der Waals surface area contributed by atoms with Gasteiger partial charge in [0.05, 0.1) is 6.10 Å². The Morgan fingerprint density at radius 1 is 1.00 bits per heavy atom. The SMILES string of the molecule is Cc1ccc(C=Cc2ccc(C(O)CCCCC(=O)NO)cc2)cc1. The molecule has 2 aromatic carbocycles. The number of nitrogens with one attached hydrogen (secondary N) is 1. The monoisotopic (exact) mass is 339 g/mol. The number of unbranched alkanes of at least 4 members (excludes halogenated alkanes) is 1. The minimum absolute atomic E-state index is 0.270. The Morgan fingerprint density at radius 2 is 1.56 bits per heavy atom. The molecule has 1 amide bonds. The maximum absolute atomic E-state index is 10.9. The van der Waals surface area contributed by atoms with E-state index in [1.807, 2.05) is 30.3 Å². The number of rotatable bonds is 8. The number of carbonyl (C=O) groups is 1. The molecule has 0 spiro atoms. The van der Waals surface area contributed by atoms with Crippen molar-refractivity contribution in [1.82, 2.24) is 5.48 Å². The molecule has 4 nitrogen and oxygen atoms in total. The highest BCUT2D eigenvalue weighted by Crippen LogP contribution is 2.21. The van der Waals surface area contributed by atoms with E-state index in [1.54, 1.807) is 5.48 Å². The number of hydroxylamine groups is 1. The highest BCUT2D eigenvalue weighted by atomic mass is 16.5. The molecule has 3 N–H and O–H groups in total. The van der Waals surface area contributed by atoms with Gasteiger partial charge in [0.25, 0.3) is 0 Å². The zero-order valence-corrected chi connectivity index (χ0v) is 14.5. The molecule has 0 fully saturated rings. The van der Waals surface area contributed by atoms with Gasteiger partial charge in [-0.2, -0.15) is 0 Å². The zero-order valence-electron chi connectivity index (χ0n) is 14.5. The Bertz CT molecular complexity index is 690. The van der Waals surface area contributed by atoms with Crippen molar-refractivity contribution >= 4 is 18.1 Å². The van der Waals surface area contributed by atoms with Crippen LogP contribution >= 0.6 is 0 Å². The van der Waals surface area contributed by atoms with Gasteiger partial charge in [0, 0.05) is 6.42 Å². The lowest BCUT2D eigenvalue weighted by Gasteiger charge is -2.11. The lowest BCUT2D eigenvalue weighted by Crippen LogP contribution is -2.17. The van der Waals surface area contributed by atoms with Crippen LogP contribution in [-0.2, 0) is 4.79 Å². The number of aryl methyl sites for hydroxylation is 1. The van der Waals surface area contributed by atoms with E-state index in [-0.39, 0.29) is 12.3 Å². The quantitative estimate of drug-likeness (QED) is 0.291. The molecule has 4 heteroatoms. The van der Waals surface area contributed by atoms with E-state index < -0.39 is 6.10 Å². The minimum atomic E-state index is -0.535. The molecule has 0 aromatic heterocycles. The van der Waals surface area contributed by atoms with Crippen LogP contribution in [0.4, 0.5) is 0 Å². The predicted molar refractivity (Wildman–Crippen MR) is 99.9 cm³/mol. The lowest BCUT2D eigenvalue weighted by atomic mass is 10.0. The molecule has 0 bridgehead atoms. The largest absolute Gasteiger partial charge is 0.388 e. The fraction of sp³-hybridized carbons (Fsp3) is 0.286. The first-order chi connectivity index (χ1) is 12.1. The molecule has 2 rings (SSSR count). The fourth-order valence-corrected chi connectivity index (χ4v) is 2.55. The van der Waals surface area contributed by atoms with Crippen LogP contribution in [0.5, 0.6) is 0 Å².